The Morgan fingerprint density at radius 3 is 2.15 bits per heavy atom. The number of hydrogen-bond donors (Lipinski definition) is 2. The second-order valence-corrected chi connectivity index (χ2v) is 8.02. The summed E-state index contributed by atoms with van der Waals surface area (Å²) in [6.07, 6.45) is 3.04. The minimum Gasteiger partial charge on any atom is -0.457 e. The van der Waals surface area contributed by atoms with E-state index in [4.69, 9.17) is 4.74 Å². The zero-order chi connectivity index (χ0) is 17.9. The van der Waals surface area contributed by atoms with E-state index in [0.29, 0.717) is 17.2 Å². The molecule has 1 fully saturated rings. The molecule has 0 saturated carbocycles. The molecule has 2 aromatic rings. The molecule has 0 bridgehead atoms. The summed E-state index contributed by atoms with van der Waals surface area (Å²) in [5, 5.41) is 6.03. The molecule has 1 saturated heterocycles. The first kappa shape index (κ1) is 20.2. The van der Waals surface area contributed by atoms with Gasteiger partial charge < -0.3 is 15.4 Å². The fraction of sp³-hybridized carbons (Fsp3) is 0.278. The van der Waals surface area contributed by atoms with Crippen LogP contribution in [0, 0.1) is 0 Å². The van der Waals surface area contributed by atoms with E-state index in [0.717, 1.165) is 25.6 Å². The Bertz CT molecular complexity index is 846. The lowest BCUT2D eigenvalue weighted by Crippen LogP contribution is -2.35. The third kappa shape index (κ3) is 5.20. The van der Waals surface area contributed by atoms with E-state index in [9.17, 15) is 13.2 Å². The maximum atomic E-state index is 12.0. The van der Waals surface area contributed by atoms with E-state index in [2.05, 4.69) is 10.6 Å². The van der Waals surface area contributed by atoms with Gasteiger partial charge in [-0.05, 0) is 67.9 Å². The lowest BCUT2D eigenvalue weighted by molar-refractivity contribution is -0.117. The van der Waals surface area contributed by atoms with Crippen LogP contribution >= 0.6 is 12.4 Å². The van der Waals surface area contributed by atoms with Crippen molar-refractivity contribution in [2.24, 2.45) is 0 Å². The monoisotopic (exact) mass is 396 g/mol. The standard InChI is InChI=1S/C18H20N2O4S.ClH/c1-25(22,23)16-10-8-15(9-11-16)24-14-6-4-13(5-7-14)20-18(21)17-3-2-12-19-17;/h4-11,17,19H,2-3,12H2,1H3,(H,20,21);1H. The number of benzene rings is 2. The Morgan fingerprint density at radius 1 is 1.08 bits per heavy atom. The highest BCUT2D eigenvalue weighted by molar-refractivity contribution is 7.90. The molecule has 26 heavy (non-hydrogen) atoms. The molecule has 1 amide bonds. The highest BCUT2D eigenvalue weighted by atomic mass is 35.5. The summed E-state index contributed by atoms with van der Waals surface area (Å²) < 4.78 is 28.6. The van der Waals surface area contributed by atoms with Gasteiger partial charge in [0.25, 0.3) is 0 Å². The van der Waals surface area contributed by atoms with Crippen LogP contribution in [0.3, 0.4) is 0 Å². The maximum Gasteiger partial charge on any atom is 0.241 e. The molecule has 1 heterocycles. The van der Waals surface area contributed by atoms with Crippen LogP contribution in [-0.4, -0.2) is 33.2 Å². The summed E-state index contributed by atoms with van der Waals surface area (Å²) in [4.78, 5) is 12.3. The van der Waals surface area contributed by atoms with Crippen molar-refractivity contribution in [2.45, 2.75) is 23.8 Å². The summed E-state index contributed by atoms with van der Waals surface area (Å²) >= 11 is 0. The van der Waals surface area contributed by atoms with Crippen molar-refractivity contribution in [3.8, 4) is 11.5 Å². The highest BCUT2D eigenvalue weighted by Gasteiger charge is 2.21. The van der Waals surface area contributed by atoms with Gasteiger partial charge in [-0.15, -0.1) is 12.4 Å². The molecule has 1 aliphatic rings. The summed E-state index contributed by atoms with van der Waals surface area (Å²) in [5.74, 6) is 1.12. The van der Waals surface area contributed by atoms with Crippen LogP contribution in [-0.2, 0) is 14.6 Å². The van der Waals surface area contributed by atoms with Gasteiger partial charge in [-0.1, -0.05) is 0 Å². The van der Waals surface area contributed by atoms with Gasteiger partial charge in [0.15, 0.2) is 9.84 Å². The summed E-state index contributed by atoms with van der Waals surface area (Å²) in [6, 6.07) is 13.2. The van der Waals surface area contributed by atoms with Crippen molar-refractivity contribution >= 4 is 33.8 Å². The number of rotatable bonds is 5. The Balaban J connectivity index is 0.00000243. The molecule has 8 heteroatoms. The van der Waals surface area contributed by atoms with Crippen molar-refractivity contribution in [1.82, 2.24) is 5.32 Å². The van der Waals surface area contributed by atoms with Crippen molar-refractivity contribution in [3.05, 3.63) is 48.5 Å². The molecule has 1 atom stereocenters. The van der Waals surface area contributed by atoms with E-state index in [1.807, 2.05) is 0 Å². The van der Waals surface area contributed by atoms with Crippen LogP contribution in [0.4, 0.5) is 5.69 Å². The van der Waals surface area contributed by atoms with E-state index < -0.39 is 9.84 Å². The third-order valence-corrected chi connectivity index (χ3v) is 5.11. The molecule has 1 unspecified atom stereocenters. The van der Waals surface area contributed by atoms with Crippen LogP contribution in [0.2, 0.25) is 0 Å². The second kappa shape index (κ2) is 8.53. The molecule has 0 spiro atoms. The van der Waals surface area contributed by atoms with Gasteiger partial charge in [0, 0.05) is 11.9 Å². The molecule has 1 aliphatic heterocycles. The predicted molar refractivity (Wildman–Crippen MR) is 103 cm³/mol. The van der Waals surface area contributed by atoms with E-state index >= 15 is 0 Å². The van der Waals surface area contributed by atoms with Gasteiger partial charge >= 0.3 is 0 Å². The van der Waals surface area contributed by atoms with Gasteiger partial charge in [0.05, 0.1) is 10.9 Å². The van der Waals surface area contributed by atoms with Gasteiger partial charge in [-0.25, -0.2) is 8.42 Å². The van der Waals surface area contributed by atoms with Gasteiger partial charge in [-0.2, -0.15) is 0 Å². The first-order valence-corrected chi connectivity index (χ1v) is 9.93. The number of halogens is 1. The second-order valence-electron chi connectivity index (χ2n) is 6.01. The zero-order valence-corrected chi connectivity index (χ0v) is 15.9. The number of sulfone groups is 1. The molecule has 0 aromatic heterocycles. The number of nitrogens with one attached hydrogen (secondary N) is 2. The molecule has 6 nitrogen and oxygen atoms in total. The number of carbonyl (C=O) groups excluding carboxylic acids is 1. The lowest BCUT2D eigenvalue weighted by Gasteiger charge is -2.12. The Hall–Kier alpha value is -2.09. The Morgan fingerprint density at radius 2 is 1.65 bits per heavy atom. The quantitative estimate of drug-likeness (QED) is 0.811. The molecular weight excluding hydrogens is 376 g/mol. The Kier molecular flexibility index (Phi) is 6.63. The minimum atomic E-state index is -3.22. The van der Waals surface area contributed by atoms with Crippen LogP contribution in [0.15, 0.2) is 53.4 Å². The summed E-state index contributed by atoms with van der Waals surface area (Å²) in [6.45, 7) is 0.878. The molecule has 0 radical (unpaired) electrons. The van der Waals surface area contributed by atoms with Gasteiger partial charge in [-0.3, -0.25) is 4.79 Å². The van der Waals surface area contributed by atoms with E-state index in [1.165, 1.54) is 12.1 Å². The van der Waals surface area contributed by atoms with Crippen molar-refractivity contribution in [1.29, 1.82) is 0 Å². The van der Waals surface area contributed by atoms with E-state index in [-0.39, 0.29) is 29.3 Å². The zero-order valence-electron chi connectivity index (χ0n) is 14.3. The molecular formula is C18H21ClN2O4S. The number of ether oxygens (including phenoxy) is 1. The lowest BCUT2D eigenvalue weighted by atomic mass is 10.2. The molecule has 0 aliphatic carbocycles. The van der Waals surface area contributed by atoms with Gasteiger partial charge in [0.1, 0.15) is 11.5 Å². The average Bonchev–Trinajstić information content (AvgIpc) is 3.11. The number of carbonyl (C=O) groups is 1. The topological polar surface area (TPSA) is 84.5 Å². The Labute approximate surface area is 159 Å². The third-order valence-electron chi connectivity index (χ3n) is 3.99. The first-order valence-electron chi connectivity index (χ1n) is 8.04. The van der Waals surface area contributed by atoms with Gasteiger partial charge in [0.2, 0.25) is 5.91 Å². The molecule has 2 aromatic carbocycles. The fourth-order valence-electron chi connectivity index (χ4n) is 2.63. The average molecular weight is 397 g/mol. The normalized spacial score (nSPS) is 16.6. The van der Waals surface area contributed by atoms with Crippen LogP contribution < -0.4 is 15.4 Å². The van der Waals surface area contributed by atoms with Crippen molar-refractivity contribution < 1.29 is 17.9 Å². The summed E-state index contributed by atoms with van der Waals surface area (Å²) in [5.41, 5.74) is 0.707. The maximum absolute atomic E-state index is 12.0. The minimum absolute atomic E-state index is 0. The number of amides is 1. The predicted octanol–water partition coefficient (Wildman–Crippen LogP) is 2.99. The SMILES string of the molecule is CS(=O)(=O)c1ccc(Oc2ccc(NC(=O)C3CCCN3)cc2)cc1.Cl. The first-order chi connectivity index (χ1) is 11.9. The largest absolute Gasteiger partial charge is 0.457 e. The van der Waals surface area contributed by atoms with Crippen LogP contribution in [0.1, 0.15) is 12.8 Å². The van der Waals surface area contributed by atoms with Crippen LogP contribution in [0.5, 0.6) is 11.5 Å². The molecule has 2 N–H and O–H groups in total. The van der Waals surface area contributed by atoms with E-state index in [1.54, 1.807) is 36.4 Å². The molecule has 140 valence electrons. The number of anilines is 1. The van der Waals surface area contributed by atoms with Crippen LogP contribution in [0.25, 0.3) is 0 Å². The molecule has 3 rings (SSSR count). The highest BCUT2D eigenvalue weighted by Crippen LogP contribution is 2.24. The smallest absolute Gasteiger partial charge is 0.241 e. The van der Waals surface area contributed by atoms with Crippen molar-refractivity contribution in [3.63, 3.8) is 0 Å². The fourth-order valence-corrected chi connectivity index (χ4v) is 3.27. The summed E-state index contributed by atoms with van der Waals surface area (Å²) in [7, 11) is -3.22. The van der Waals surface area contributed by atoms with Crippen molar-refractivity contribution in [2.75, 3.05) is 18.1 Å². The number of hydrogen-bond acceptors (Lipinski definition) is 5.